The van der Waals surface area contributed by atoms with Gasteiger partial charge in [0, 0.05) is 11.8 Å². The third-order valence-electron chi connectivity index (χ3n) is 2.37. The summed E-state index contributed by atoms with van der Waals surface area (Å²) in [6, 6.07) is 12.1. The quantitative estimate of drug-likeness (QED) is 0.806. The molecule has 2 aromatic rings. The highest BCUT2D eigenvalue weighted by Crippen LogP contribution is 2.18. The third kappa shape index (κ3) is 2.22. The fourth-order valence-electron chi connectivity index (χ4n) is 1.43. The number of aryl methyl sites for hydroxylation is 1. The minimum absolute atomic E-state index is 0.00578. The number of rotatable bonds is 2. The first-order valence-electron chi connectivity index (χ1n) is 4.92. The van der Waals surface area contributed by atoms with Crippen LogP contribution in [0.5, 0.6) is 0 Å². The topological polar surface area (TPSA) is 33.1 Å². The van der Waals surface area contributed by atoms with Crippen molar-refractivity contribution in [2.45, 2.75) is 13.5 Å². The molecular formula is C13H13NO. The molecule has 2 heteroatoms. The summed E-state index contributed by atoms with van der Waals surface area (Å²) in [4.78, 5) is 4.15. The zero-order chi connectivity index (χ0) is 10.7. The lowest BCUT2D eigenvalue weighted by molar-refractivity contribution is 0.277. The first kappa shape index (κ1) is 9.87. The minimum atomic E-state index is -0.00578. The van der Waals surface area contributed by atoms with Crippen LogP contribution in [0.3, 0.4) is 0 Å². The molecule has 1 heterocycles. The SMILES string of the molecule is Cc1ccc(-c2ccc(CO)nc2)cc1. The van der Waals surface area contributed by atoms with Crippen LogP contribution in [0.4, 0.5) is 0 Å². The summed E-state index contributed by atoms with van der Waals surface area (Å²) >= 11 is 0. The van der Waals surface area contributed by atoms with Crippen molar-refractivity contribution in [1.82, 2.24) is 4.98 Å². The molecule has 0 aliphatic carbocycles. The average Bonchev–Trinajstić information content (AvgIpc) is 2.30. The van der Waals surface area contributed by atoms with Crippen molar-refractivity contribution in [1.29, 1.82) is 0 Å². The average molecular weight is 199 g/mol. The number of benzene rings is 1. The van der Waals surface area contributed by atoms with Crippen LogP contribution in [-0.2, 0) is 6.61 Å². The van der Waals surface area contributed by atoms with E-state index < -0.39 is 0 Å². The molecule has 1 aromatic carbocycles. The highest BCUT2D eigenvalue weighted by molar-refractivity contribution is 5.62. The molecule has 1 aromatic heterocycles. The molecule has 15 heavy (non-hydrogen) atoms. The first-order chi connectivity index (χ1) is 7.29. The summed E-state index contributed by atoms with van der Waals surface area (Å²) in [5.74, 6) is 0. The van der Waals surface area contributed by atoms with Crippen molar-refractivity contribution in [3.8, 4) is 11.1 Å². The van der Waals surface area contributed by atoms with E-state index in [1.165, 1.54) is 5.56 Å². The number of hydrogen-bond acceptors (Lipinski definition) is 2. The molecule has 0 saturated heterocycles. The Kier molecular flexibility index (Phi) is 2.79. The van der Waals surface area contributed by atoms with E-state index in [4.69, 9.17) is 5.11 Å². The Bertz CT molecular complexity index is 431. The van der Waals surface area contributed by atoms with Gasteiger partial charge in [-0.1, -0.05) is 35.9 Å². The van der Waals surface area contributed by atoms with Crippen molar-refractivity contribution in [3.05, 3.63) is 53.9 Å². The summed E-state index contributed by atoms with van der Waals surface area (Å²) in [6.07, 6.45) is 1.79. The van der Waals surface area contributed by atoms with Gasteiger partial charge in [0.2, 0.25) is 0 Å². The normalized spacial score (nSPS) is 10.3. The molecule has 0 bridgehead atoms. The number of nitrogens with zero attached hydrogens (tertiary/aromatic N) is 1. The number of aliphatic hydroxyl groups is 1. The van der Waals surface area contributed by atoms with Crippen LogP contribution in [0.15, 0.2) is 42.6 Å². The van der Waals surface area contributed by atoms with Gasteiger partial charge in [-0.05, 0) is 18.6 Å². The lowest BCUT2D eigenvalue weighted by Gasteiger charge is -2.02. The second kappa shape index (κ2) is 4.24. The zero-order valence-corrected chi connectivity index (χ0v) is 8.64. The summed E-state index contributed by atoms with van der Waals surface area (Å²) in [5.41, 5.74) is 4.18. The van der Waals surface area contributed by atoms with E-state index in [9.17, 15) is 0 Å². The number of hydrogen-bond donors (Lipinski definition) is 1. The van der Waals surface area contributed by atoms with Gasteiger partial charge in [0.05, 0.1) is 12.3 Å². The van der Waals surface area contributed by atoms with Crippen molar-refractivity contribution in [2.24, 2.45) is 0 Å². The van der Waals surface area contributed by atoms with Crippen LogP contribution in [0.25, 0.3) is 11.1 Å². The van der Waals surface area contributed by atoms with Crippen molar-refractivity contribution >= 4 is 0 Å². The fourth-order valence-corrected chi connectivity index (χ4v) is 1.43. The van der Waals surface area contributed by atoms with Crippen molar-refractivity contribution < 1.29 is 5.11 Å². The molecule has 0 fully saturated rings. The summed E-state index contributed by atoms with van der Waals surface area (Å²) in [5, 5.41) is 8.87. The Morgan fingerprint density at radius 2 is 1.67 bits per heavy atom. The van der Waals surface area contributed by atoms with Gasteiger partial charge in [0.15, 0.2) is 0 Å². The van der Waals surface area contributed by atoms with Gasteiger partial charge >= 0.3 is 0 Å². The maximum absolute atomic E-state index is 8.87. The van der Waals surface area contributed by atoms with E-state index in [0.717, 1.165) is 11.1 Å². The molecule has 76 valence electrons. The second-order valence-electron chi connectivity index (χ2n) is 3.56. The van der Waals surface area contributed by atoms with Gasteiger partial charge in [-0.25, -0.2) is 0 Å². The Balaban J connectivity index is 2.33. The third-order valence-corrected chi connectivity index (χ3v) is 2.37. The maximum Gasteiger partial charge on any atom is 0.0852 e. The Labute approximate surface area is 89.2 Å². The molecule has 0 radical (unpaired) electrons. The highest BCUT2D eigenvalue weighted by Gasteiger charge is 1.97. The van der Waals surface area contributed by atoms with E-state index in [1.807, 2.05) is 12.1 Å². The molecule has 0 spiro atoms. The van der Waals surface area contributed by atoms with Crippen molar-refractivity contribution in [2.75, 3.05) is 0 Å². The fraction of sp³-hybridized carbons (Fsp3) is 0.154. The Morgan fingerprint density at radius 3 is 2.20 bits per heavy atom. The summed E-state index contributed by atoms with van der Waals surface area (Å²) in [6.45, 7) is 2.06. The van der Waals surface area contributed by atoms with Gasteiger partial charge in [0.25, 0.3) is 0 Å². The van der Waals surface area contributed by atoms with Crippen LogP contribution in [0.2, 0.25) is 0 Å². The van der Waals surface area contributed by atoms with Crippen LogP contribution >= 0.6 is 0 Å². The Morgan fingerprint density at radius 1 is 1.00 bits per heavy atom. The molecule has 0 unspecified atom stereocenters. The second-order valence-corrected chi connectivity index (χ2v) is 3.56. The molecule has 2 nitrogen and oxygen atoms in total. The predicted octanol–water partition coefficient (Wildman–Crippen LogP) is 2.55. The largest absolute Gasteiger partial charge is 0.390 e. The molecule has 2 rings (SSSR count). The first-order valence-corrected chi connectivity index (χ1v) is 4.92. The lowest BCUT2D eigenvalue weighted by atomic mass is 10.1. The smallest absolute Gasteiger partial charge is 0.0852 e. The lowest BCUT2D eigenvalue weighted by Crippen LogP contribution is -1.88. The zero-order valence-electron chi connectivity index (χ0n) is 8.64. The van der Waals surface area contributed by atoms with Crippen LogP contribution in [-0.4, -0.2) is 10.1 Å². The van der Waals surface area contributed by atoms with Gasteiger partial charge < -0.3 is 5.11 Å². The van der Waals surface area contributed by atoms with E-state index in [2.05, 4.69) is 36.2 Å². The van der Waals surface area contributed by atoms with Crippen LogP contribution < -0.4 is 0 Å². The molecule has 0 amide bonds. The predicted molar refractivity (Wildman–Crippen MR) is 60.3 cm³/mol. The van der Waals surface area contributed by atoms with Gasteiger partial charge in [-0.15, -0.1) is 0 Å². The monoisotopic (exact) mass is 199 g/mol. The molecule has 0 aliphatic rings. The summed E-state index contributed by atoms with van der Waals surface area (Å²) in [7, 11) is 0. The molecule has 1 N–H and O–H groups in total. The highest BCUT2D eigenvalue weighted by atomic mass is 16.3. The number of aliphatic hydroxyl groups excluding tert-OH is 1. The molecule has 0 aliphatic heterocycles. The molecular weight excluding hydrogens is 186 g/mol. The van der Waals surface area contributed by atoms with E-state index in [0.29, 0.717) is 5.69 Å². The summed E-state index contributed by atoms with van der Waals surface area (Å²) < 4.78 is 0. The van der Waals surface area contributed by atoms with Crippen molar-refractivity contribution in [3.63, 3.8) is 0 Å². The minimum Gasteiger partial charge on any atom is -0.390 e. The number of pyridine rings is 1. The number of aromatic nitrogens is 1. The maximum atomic E-state index is 8.87. The van der Waals surface area contributed by atoms with E-state index >= 15 is 0 Å². The van der Waals surface area contributed by atoms with E-state index in [-0.39, 0.29) is 6.61 Å². The Hall–Kier alpha value is -1.67. The van der Waals surface area contributed by atoms with E-state index in [1.54, 1.807) is 6.20 Å². The molecule has 0 atom stereocenters. The standard InChI is InChI=1S/C13H13NO/c1-10-2-4-11(5-3-10)12-6-7-13(9-15)14-8-12/h2-8,15H,9H2,1H3. The molecule has 0 saturated carbocycles. The van der Waals surface area contributed by atoms with Gasteiger partial charge in [-0.2, -0.15) is 0 Å². The van der Waals surface area contributed by atoms with Crippen LogP contribution in [0.1, 0.15) is 11.3 Å². The van der Waals surface area contributed by atoms with Gasteiger partial charge in [-0.3, -0.25) is 4.98 Å². The van der Waals surface area contributed by atoms with Gasteiger partial charge in [0.1, 0.15) is 0 Å². The van der Waals surface area contributed by atoms with Crippen LogP contribution in [0, 0.1) is 6.92 Å².